The van der Waals surface area contributed by atoms with E-state index in [0.717, 1.165) is 4.88 Å². The van der Waals surface area contributed by atoms with Gasteiger partial charge in [-0.2, -0.15) is 0 Å². The molecule has 0 spiro atoms. The average Bonchev–Trinajstić information content (AvgIpc) is 2.30. The largest absolute Gasteiger partial charge is 0.295 e. The Morgan fingerprint density at radius 2 is 2.08 bits per heavy atom. The molecule has 1 aromatic heterocycles. The van der Waals surface area contributed by atoms with E-state index in [-0.39, 0.29) is 5.78 Å². The summed E-state index contributed by atoms with van der Waals surface area (Å²) >= 11 is 12.6. The van der Waals surface area contributed by atoms with E-state index < -0.39 is 0 Å². The Labute approximate surface area is 90.2 Å². The van der Waals surface area contributed by atoms with Gasteiger partial charge in [-0.25, -0.2) is 4.98 Å². The molecule has 0 aliphatic carbocycles. The Kier molecular flexibility index (Phi) is 3.47. The molecule has 1 aromatic rings. The quantitative estimate of drug-likeness (QED) is 0.736. The van der Waals surface area contributed by atoms with Gasteiger partial charge in [-0.3, -0.25) is 4.79 Å². The van der Waals surface area contributed by atoms with Gasteiger partial charge in [0.2, 0.25) is 0 Å². The van der Waals surface area contributed by atoms with Gasteiger partial charge in [-0.1, -0.05) is 23.2 Å². The predicted octanol–water partition coefficient (Wildman–Crippen LogP) is 3.44. The number of carbonyl (C=O) groups excluding carboxylic acids is 1. The number of allylic oxidation sites excluding steroid dienone is 1. The number of aromatic nitrogens is 1. The molecule has 0 unspecified atom stereocenters. The molecule has 0 fully saturated rings. The third-order valence-electron chi connectivity index (χ3n) is 1.49. The lowest BCUT2D eigenvalue weighted by molar-refractivity contribution is -0.113. The topological polar surface area (TPSA) is 30.0 Å². The Bertz CT molecular complexity index is 370. The lowest BCUT2D eigenvalue weighted by Crippen LogP contribution is -1.89. The predicted molar refractivity (Wildman–Crippen MR) is 56.5 cm³/mol. The molecule has 5 heteroatoms. The molecule has 1 heterocycles. The van der Waals surface area contributed by atoms with E-state index in [4.69, 9.17) is 23.2 Å². The van der Waals surface area contributed by atoms with Gasteiger partial charge in [-0.05, 0) is 25.5 Å². The minimum absolute atomic E-state index is 0.0144. The number of hydrogen-bond acceptors (Lipinski definition) is 3. The van der Waals surface area contributed by atoms with Crippen molar-refractivity contribution in [3.63, 3.8) is 0 Å². The van der Waals surface area contributed by atoms with E-state index in [0.29, 0.717) is 15.2 Å². The Hall–Kier alpha value is -0.380. The lowest BCUT2D eigenvalue weighted by atomic mass is 10.2. The van der Waals surface area contributed by atoms with Gasteiger partial charge in [0.25, 0.3) is 0 Å². The monoisotopic (exact) mass is 235 g/mol. The number of hydrogen-bond donors (Lipinski definition) is 0. The summed E-state index contributed by atoms with van der Waals surface area (Å²) in [7, 11) is 0. The summed E-state index contributed by atoms with van der Waals surface area (Å²) in [6.45, 7) is 3.23. The fourth-order valence-electron chi connectivity index (χ4n) is 0.675. The molecule has 0 aromatic carbocycles. The van der Waals surface area contributed by atoms with Gasteiger partial charge < -0.3 is 0 Å². The second kappa shape index (κ2) is 4.22. The zero-order chi connectivity index (χ0) is 10.0. The average molecular weight is 236 g/mol. The molecular weight excluding hydrogens is 229 g/mol. The summed E-state index contributed by atoms with van der Waals surface area (Å²) in [5, 5.41) is 0.343. The van der Waals surface area contributed by atoms with Crippen LogP contribution in [0.2, 0.25) is 9.62 Å². The number of thiazole rings is 1. The molecule has 0 aliphatic heterocycles. The summed E-state index contributed by atoms with van der Waals surface area (Å²) in [6, 6.07) is 0. The van der Waals surface area contributed by atoms with Gasteiger partial charge in [0.05, 0.1) is 4.88 Å². The molecule has 13 heavy (non-hydrogen) atoms. The molecular formula is C8H7Cl2NOS. The number of rotatable bonds is 2. The normalized spacial score (nSPS) is 11.8. The first-order valence-corrected chi connectivity index (χ1v) is 5.09. The molecule has 0 radical (unpaired) electrons. The van der Waals surface area contributed by atoms with Gasteiger partial charge in [-0.15, -0.1) is 11.3 Å². The van der Waals surface area contributed by atoms with Crippen LogP contribution in [-0.2, 0) is 4.79 Å². The van der Waals surface area contributed by atoms with E-state index in [9.17, 15) is 4.79 Å². The Balaban J connectivity index is 3.03. The molecule has 0 saturated carbocycles. The van der Waals surface area contributed by atoms with Gasteiger partial charge in [0.15, 0.2) is 10.3 Å². The van der Waals surface area contributed by atoms with Gasteiger partial charge >= 0.3 is 0 Å². The van der Waals surface area contributed by atoms with Crippen molar-refractivity contribution >= 4 is 46.4 Å². The summed E-state index contributed by atoms with van der Waals surface area (Å²) in [5.74, 6) is 0.0144. The fourth-order valence-corrected chi connectivity index (χ4v) is 2.04. The smallest absolute Gasteiger partial charge is 0.185 e. The molecule has 70 valence electrons. The summed E-state index contributed by atoms with van der Waals surface area (Å²) < 4.78 is 0.382. The summed E-state index contributed by atoms with van der Waals surface area (Å²) in [4.78, 5) is 15.4. The molecule has 0 bridgehead atoms. The van der Waals surface area contributed by atoms with E-state index in [1.165, 1.54) is 18.3 Å². The van der Waals surface area contributed by atoms with Crippen molar-refractivity contribution in [3.8, 4) is 0 Å². The van der Waals surface area contributed by atoms with Crippen LogP contribution in [0.15, 0.2) is 5.57 Å². The summed E-state index contributed by atoms with van der Waals surface area (Å²) in [5.41, 5.74) is 0.641. The fraction of sp³-hybridized carbons (Fsp3) is 0.250. The van der Waals surface area contributed by atoms with Crippen LogP contribution < -0.4 is 0 Å². The van der Waals surface area contributed by atoms with Gasteiger partial charge in [0, 0.05) is 0 Å². The maximum absolute atomic E-state index is 10.9. The standard InChI is InChI=1S/C8H7Cl2NOS/c1-4(5(2)12)3-6-7(9)11-8(10)13-6/h3H,1-2H3/b4-3+. The second-order valence-electron chi connectivity index (χ2n) is 2.51. The lowest BCUT2D eigenvalue weighted by Gasteiger charge is -1.91. The Morgan fingerprint density at radius 1 is 1.46 bits per heavy atom. The van der Waals surface area contributed by atoms with E-state index in [1.54, 1.807) is 13.0 Å². The third kappa shape index (κ3) is 2.79. The van der Waals surface area contributed by atoms with Crippen molar-refractivity contribution in [1.29, 1.82) is 0 Å². The van der Waals surface area contributed by atoms with Crippen LogP contribution in [0.1, 0.15) is 18.7 Å². The van der Waals surface area contributed by atoms with Crippen molar-refractivity contribution in [2.75, 3.05) is 0 Å². The number of Topliss-reactive ketones (excluding diaryl/α,β-unsaturated/α-hetero) is 1. The number of halogens is 2. The van der Waals surface area contributed by atoms with E-state index in [1.807, 2.05) is 0 Å². The number of ketones is 1. The van der Waals surface area contributed by atoms with Crippen LogP contribution in [0.4, 0.5) is 0 Å². The van der Waals surface area contributed by atoms with Crippen molar-refractivity contribution in [2.45, 2.75) is 13.8 Å². The molecule has 0 atom stereocenters. The van der Waals surface area contributed by atoms with Crippen molar-refractivity contribution in [2.24, 2.45) is 0 Å². The minimum atomic E-state index is 0.0144. The highest BCUT2D eigenvalue weighted by atomic mass is 35.5. The molecule has 1 rings (SSSR count). The summed E-state index contributed by atoms with van der Waals surface area (Å²) in [6.07, 6.45) is 1.69. The molecule has 0 aliphatic rings. The highest BCUT2D eigenvalue weighted by Crippen LogP contribution is 2.28. The van der Waals surface area contributed by atoms with Crippen molar-refractivity contribution in [3.05, 3.63) is 20.1 Å². The highest BCUT2D eigenvalue weighted by Gasteiger charge is 2.06. The first-order valence-electron chi connectivity index (χ1n) is 3.51. The van der Waals surface area contributed by atoms with E-state index >= 15 is 0 Å². The van der Waals surface area contributed by atoms with Crippen LogP contribution in [0.5, 0.6) is 0 Å². The minimum Gasteiger partial charge on any atom is -0.295 e. The van der Waals surface area contributed by atoms with E-state index in [2.05, 4.69) is 4.98 Å². The Morgan fingerprint density at radius 3 is 2.46 bits per heavy atom. The first kappa shape index (κ1) is 10.7. The second-order valence-corrected chi connectivity index (χ2v) is 4.48. The SMILES string of the molecule is CC(=O)/C(C)=C/c1sc(Cl)nc1Cl. The van der Waals surface area contributed by atoms with Crippen LogP contribution >= 0.6 is 34.5 Å². The highest BCUT2D eigenvalue weighted by molar-refractivity contribution is 7.17. The van der Waals surface area contributed by atoms with Crippen LogP contribution in [0, 0.1) is 0 Å². The number of nitrogens with zero attached hydrogens (tertiary/aromatic N) is 1. The molecule has 0 N–H and O–H groups in total. The third-order valence-corrected chi connectivity index (χ3v) is 2.99. The van der Waals surface area contributed by atoms with Crippen molar-refractivity contribution in [1.82, 2.24) is 4.98 Å². The van der Waals surface area contributed by atoms with Gasteiger partial charge in [0.1, 0.15) is 5.15 Å². The zero-order valence-electron chi connectivity index (χ0n) is 7.10. The maximum Gasteiger partial charge on any atom is 0.185 e. The van der Waals surface area contributed by atoms with Crippen LogP contribution in [0.25, 0.3) is 6.08 Å². The molecule has 0 saturated heterocycles. The number of carbonyl (C=O) groups is 1. The van der Waals surface area contributed by atoms with Crippen LogP contribution in [0.3, 0.4) is 0 Å². The molecule has 0 amide bonds. The maximum atomic E-state index is 10.9. The zero-order valence-corrected chi connectivity index (χ0v) is 9.43. The van der Waals surface area contributed by atoms with Crippen molar-refractivity contribution < 1.29 is 4.79 Å². The van der Waals surface area contributed by atoms with Crippen LogP contribution in [-0.4, -0.2) is 10.8 Å². The first-order chi connectivity index (χ1) is 6.00. The molecule has 2 nitrogen and oxygen atoms in total.